The summed E-state index contributed by atoms with van der Waals surface area (Å²) in [4.78, 5) is 12.1. The number of ether oxygens (including phenoxy) is 1. The molecule has 0 unspecified atom stereocenters. The van der Waals surface area contributed by atoms with Crippen molar-refractivity contribution in [2.45, 2.75) is 39.0 Å². The molecule has 0 saturated heterocycles. The van der Waals surface area contributed by atoms with Crippen molar-refractivity contribution in [3.8, 4) is 5.75 Å². The molecule has 2 aromatic carbocycles. The van der Waals surface area contributed by atoms with Crippen LogP contribution in [0.5, 0.6) is 5.75 Å². The zero-order valence-electron chi connectivity index (χ0n) is 14.0. The molecule has 0 aromatic heterocycles. The molecule has 0 amide bonds. The highest BCUT2D eigenvalue weighted by Gasteiger charge is 2.07. The summed E-state index contributed by atoms with van der Waals surface area (Å²) in [6, 6.07) is 15.7. The van der Waals surface area contributed by atoms with E-state index in [0.717, 1.165) is 22.6 Å². The average Bonchev–Trinajstić information content (AvgIpc) is 2.54. The molecule has 0 aliphatic rings. The van der Waals surface area contributed by atoms with Gasteiger partial charge in [-0.15, -0.1) is 0 Å². The lowest BCUT2D eigenvalue weighted by atomic mass is 10.1. The van der Waals surface area contributed by atoms with Crippen molar-refractivity contribution in [3.63, 3.8) is 0 Å². The summed E-state index contributed by atoms with van der Waals surface area (Å²) in [7, 11) is 0. The Kier molecular flexibility index (Phi) is 6.72. The Hall–Kier alpha value is -1.74. The molecule has 0 aliphatic carbocycles. The van der Waals surface area contributed by atoms with Crippen molar-refractivity contribution < 1.29 is 9.53 Å². The second kappa shape index (κ2) is 8.78. The fourth-order valence-electron chi connectivity index (χ4n) is 2.12. The van der Waals surface area contributed by atoms with Crippen LogP contribution in [0.15, 0.2) is 48.5 Å². The number of aryl methyl sites for hydroxylation is 1. The highest BCUT2D eigenvalue weighted by atomic mass is 32.2. The molecule has 122 valence electrons. The average molecular weight is 328 g/mol. The third-order valence-corrected chi connectivity index (χ3v) is 4.59. The molecule has 0 N–H and O–H groups in total. The van der Waals surface area contributed by atoms with Gasteiger partial charge in [-0.1, -0.05) is 43.7 Å². The van der Waals surface area contributed by atoms with E-state index in [-0.39, 0.29) is 5.78 Å². The van der Waals surface area contributed by atoms with Crippen LogP contribution in [0.25, 0.3) is 0 Å². The van der Waals surface area contributed by atoms with Crippen LogP contribution in [0.1, 0.15) is 41.8 Å². The molecule has 0 atom stereocenters. The Labute approximate surface area is 143 Å². The van der Waals surface area contributed by atoms with E-state index in [1.807, 2.05) is 36.0 Å². The first-order valence-corrected chi connectivity index (χ1v) is 9.02. The standard InChI is InChI=1S/C20H24O2S/c1-15(2)23-13-12-20(21)18-8-10-19(11-9-18)22-14-17-6-4-16(3)5-7-17/h4-11,15H,12-14H2,1-3H3. The second-order valence-electron chi connectivity index (χ2n) is 5.89. The minimum Gasteiger partial charge on any atom is -0.489 e. The first-order valence-electron chi connectivity index (χ1n) is 7.98. The number of ketones is 1. The molecular weight excluding hydrogens is 304 g/mol. The summed E-state index contributed by atoms with van der Waals surface area (Å²) in [5.41, 5.74) is 3.14. The summed E-state index contributed by atoms with van der Waals surface area (Å²) >= 11 is 1.82. The summed E-state index contributed by atoms with van der Waals surface area (Å²) in [6.07, 6.45) is 0.590. The number of carbonyl (C=O) groups is 1. The predicted octanol–water partition coefficient (Wildman–Crippen LogP) is 5.29. The van der Waals surface area contributed by atoms with Crippen LogP contribution in [-0.2, 0) is 6.61 Å². The van der Waals surface area contributed by atoms with Crippen molar-refractivity contribution in [3.05, 3.63) is 65.2 Å². The van der Waals surface area contributed by atoms with Gasteiger partial charge in [-0.25, -0.2) is 0 Å². The maximum atomic E-state index is 12.1. The van der Waals surface area contributed by atoms with E-state index >= 15 is 0 Å². The maximum Gasteiger partial charge on any atom is 0.163 e. The van der Waals surface area contributed by atoms with Gasteiger partial charge in [0.05, 0.1) is 0 Å². The van der Waals surface area contributed by atoms with Crippen LogP contribution >= 0.6 is 11.8 Å². The largest absolute Gasteiger partial charge is 0.489 e. The molecule has 0 fully saturated rings. The van der Waals surface area contributed by atoms with Crippen molar-refractivity contribution >= 4 is 17.5 Å². The van der Waals surface area contributed by atoms with Gasteiger partial charge in [0.1, 0.15) is 12.4 Å². The lowest BCUT2D eigenvalue weighted by molar-refractivity contribution is 0.0989. The zero-order valence-corrected chi connectivity index (χ0v) is 14.9. The number of carbonyl (C=O) groups excluding carboxylic acids is 1. The van der Waals surface area contributed by atoms with Gasteiger partial charge in [-0.2, -0.15) is 11.8 Å². The van der Waals surface area contributed by atoms with E-state index in [9.17, 15) is 4.79 Å². The number of benzene rings is 2. The highest BCUT2D eigenvalue weighted by molar-refractivity contribution is 7.99. The normalized spacial score (nSPS) is 10.8. The molecular formula is C20H24O2S. The molecule has 0 spiro atoms. The SMILES string of the molecule is Cc1ccc(COc2ccc(C(=O)CCSC(C)C)cc2)cc1. The molecule has 0 aliphatic heterocycles. The number of Topliss-reactive ketones (excluding diaryl/α,β-unsaturated/α-hetero) is 1. The Morgan fingerprint density at radius 1 is 1.04 bits per heavy atom. The van der Waals surface area contributed by atoms with Crippen molar-refractivity contribution in [1.82, 2.24) is 0 Å². The Balaban J connectivity index is 1.84. The number of rotatable bonds is 8. The van der Waals surface area contributed by atoms with Gasteiger partial charge in [-0.3, -0.25) is 4.79 Å². The lowest BCUT2D eigenvalue weighted by Gasteiger charge is -2.08. The quantitative estimate of drug-likeness (QED) is 0.616. The van der Waals surface area contributed by atoms with E-state index in [4.69, 9.17) is 4.74 Å². The predicted molar refractivity (Wildman–Crippen MR) is 98.5 cm³/mol. The maximum absolute atomic E-state index is 12.1. The van der Waals surface area contributed by atoms with E-state index in [1.165, 1.54) is 5.56 Å². The summed E-state index contributed by atoms with van der Waals surface area (Å²) < 4.78 is 5.76. The summed E-state index contributed by atoms with van der Waals surface area (Å²) in [6.45, 7) is 6.91. The van der Waals surface area contributed by atoms with E-state index in [1.54, 1.807) is 0 Å². The van der Waals surface area contributed by atoms with Crippen LogP contribution in [0.3, 0.4) is 0 Å². The molecule has 2 rings (SSSR count). The van der Waals surface area contributed by atoms with Crippen LogP contribution < -0.4 is 4.74 Å². The lowest BCUT2D eigenvalue weighted by Crippen LogP contribution is -2.02. The van der Waals surface area contributed by atoms with Gasteiger partial charge in [0.15, 0.2) is 5.78 Å². The van der Waals surface area contributed by atoms with Crippen LogP contribution in [0.4, 0.5) is 0 Å². The molecule has 0 radical (unpaired) electrons. The fraction of sp³-hybridized carbons (Fsp3) is 0.350. The molecule has 2 nitrogen and oxygen atoms in total. The Morgan fingerprint density at radius 2 is 1.70 bits per heavy atom. The van der Waals surface area contributed by atoms with Crippen LogP contribution in [0, 0.1) is 6.92 Å². The molecule has 2 aromatic rings. The van der Waals surface area contributed by atoms with Crippen LogP contribution in [-0.4, -0.2) is 16.8 Å². The van der Waals surface area contributed by atoms with E-state index in [2.05, 4.69) is 45.0 Å². The molecule has 3 heteroatoms. The van der Waals surface area contributed by atoms with Gasteiger partial charge in [0.25, 0.3) is 0 Å². The third kappa shape index (κ3) is 6.11. The zero-order chi connectivity index (χ0) is 16.7. The van der Waals surface area contributed by atoms with Crippen molar-refractivity contribution in [1.29, 1.82) is 0 Å². The number of thioether (sulfide) groups is 1. The van der Waals surface area contributed by atoms with Crippen LogP contribution in [0.2, 0.25) is 0 Å². The van der Waals surface area contributed by atoms with Crippen molar-refractivity contribution in [2.75, 3.05) is 5.75 Å². The summed E-state index contributed by atoms with van der Waals surface area (Å²) in [5, 5.41) is 0.570. The first-order chi connectivity index (χ1) is 11.0. The Morgan fingerprint density at radius 3 is 2.30 bits per heavy atom. The molecule has 0 heterocycles. The monoisotopic (exact) mass is 328 g/mol. The fourth-order valence-corrected chi connectivity index (χ4v) is 2.89. The smallest absolute Gasteiger partial charge is 0.163 e. The second-order valence-corrected chi connectivity index (χ2v) is 7.58. The van der Waals surface area contributed by atoms with Gasteiger partial charge in [0.2, 0.25) is 0 Å². The molecule has 0 bridgehead atoms. The third-order valence-electron chi connectivity index (χ3n) is 3.48. The Bertz CT molecular complexity index is 615. The topological polar surface area (TPSA) is 26.3 Å². The molecule has 23 heavy (non-hydrogen) atoms. The van der Waals surface area contributed by atoms with Gasteiger partial charge < -0.3 is 4.74 Å². The molecule has 0 saturated carbocycles. The van der Waals surface area contributed by atoms with Gasteiger partial charge in [0, 0.05) is 17.7 Å². The number of hydrogen-bond acceptors (Lipinski definition) is 3. The summed E-state index contributed by atoms with van der Waals surface area (Å²) in [5.74, 6) is 1.87. The van der Waals surface area contributed by atoms with Gasteiger partial charge >= 0.3 is 0 Å². The van der Waals surface area contributed by atoms with E-state index < -0.39 is 0 Å². The minimum atomic E-state index is 0.197. The van der Waals surface area contributed by atoms with Gasteiger partial charge in [-0.05, 0) is 42.0 Å². The highest BCUT2D eigenvalue weighted by Crippen LogP contribution is 2.17. The minimum absolute atomic E-state index is 0.197. The van der Waals surface area contributed by atoms with E-state index in [0.29, 0.717) is 18.3 Å². The van der Waals surface area contributed by atoms with Crippen molar-refractivity contribution in [2.24, 2.45) is 0 Å². The number of hydrogen-bond donors (Lipinski definition) is 0. The first kappa shape index (κ1) is 17.6.